The quantitative estimate of drug-likeness (QED) is 0.743. The molecule has 0 saturated carbocycles. The molecule has 0 bridgehead atoms. The van der Waals surface area contributed by atoms with Crippen molar-refractivity contribution in [1.82, 2.24) is 15.5 Å². The number of alkyl carbamates (subject to hydrolysis) is 1. The van der Waals surface area contributed by atoms with Crippen LogP contribution in [0.25, 0.3) is 0 Å². The maximum atomic E-state index is 11.2. The smallest absolute Gasteiger partial charge is 0.438 e. The second-order valence-corrected chi connectivity index (χ2v) is 3.90. The first-order valence-corrected chi connectivity index (χ1v) is 4.38. The lowest BCUT2D eigenvalue weighted by Gasteiger charge is -2.19. The summed E-state index contributed by atoms with van der Waals surface area (Å²) in [5.74, 6) is -0.415. The number of aromatic amines is 1. The van der Waals surface area contributed by atoms with Gasteiger partial charge in [-0.3, -0.25) is 9.51 Å². The SMILES string of the molecule is CC(C)(C)OC(=O)NCc1noc(=O)[nH]1. The summed E-state index contributed by atoms with van der Waals surface area (Å²) in [7, 11) is 0. The van der Waals surface area contributed by atoms with Gasteiger partial charge in [-0.25, -0.2) is 9.59 Å². The Morgan fingerprint density at radius 1 is 1.60 bits per heavy atom. The second-order valence-electron chi connectivity index (χ2n) is 3.90. The average Bonchev–Trinajstić information content (AvgIpc) is 2.45. The monoisotopic (exact) mass is 215 g/mol. The van der Waals surface area contributed by atoms with Gasteiger partial charge in [0.2, 0.25) is 0 Å². The van der Waals surface area contributed by atoms with Crippen molar-refractivity contribution < 1.29 is 14.1 Å². The number of carbonyl (C=O) groups is 1. The molecular formula is C8H13N3O4. The van der Waals surface area contributed by atoms with Gasteiger partial charge in [0, 0.05) is 0 Å². The molecule has 1 heterocycles. The molecule has 7 nitrogen and oxygen atoms in total. The third-order valence-corrected chi connectivity index (χ3v) is 1.28. The van der Waals surface area contributed by atoms with E-state index < -0.39 is 17.5 Å². The summed E-state index contributed by atoms with van der Waals surface area (Å²) in [4.78, 5) is 24.0. The van der Waals surface area contributed by atoms with E-state index in [0.717, 1.165) is 0 Å². The summed E-state index contributed by atoms with van der Waals surface area (Å²) in [6.07, 6.45) is -0.577. The Bertz CT molecular complexity index is 387. The molecule has 0 unspecified atom stereocenters. The highest BCUT2D eigenvalue weighted by Gasteiger charge is 2.16. The van der Waals surface area contributed by atoms with Crippen molar-refractivity contribution >= 4 is 6.09 Å². The average molecular weight is 215 g/mol. The van der Waals surface area contributed by atoms with Crippen molar-refractivity contribution in [1.29, 1.82) is 0 Å². The normalized spacial score (nSPS) is 11.1. The van der Waals surface area contributed by atoms with Gasteiger partial charge >= 0.3 is 11.8 Å². The van der Waals surface area contributed by atoms with Gasteiger partial charge in [-0.15, -0.1) is 0 Å². The van der Waals surface area contributed by atoms with Crippen LogP contribution < -0.4 is 11.1 Å². The van der Waals surface area contributed by atoms with E-state index in [9.17, 15) is 9.59 Å². The number of ether oxygens (including phenoxy) is 1. The molecule has 84 valence electrons. The zero-order chi connectivity index (χ0) is 11.5. The number of H-pyrrole nitrogens is 1. The molecule has 0 fully saturated rings. The van der Waals surface area contributed by atoms with Crippen molar-refractivity contribution in [3.63, 3.8) is 0 Å². The lowest BCUT2D eigenvalue weighted by molar-refractivity contribution is 0.0522. The molecule has 1 amide bonds. The Balaban J connectivity index is 2.38. The fourth-order valence-corrected chi connectivity index (χ4v) is 0.807. The largest absolute Gasteiger partial charge is 0.444 e. The molecule has 0 aliphatic rings. The van der Waals surface area contributed by atoms with Crippen molar-refractivity contribution in [3.05, 3.63) is 16.4 Å². The van der Waals surface area contributed by atoms with Gasteiger partial charge in [0.15, 0.2) is 5.82 Å². The molecular weight excluding hydrogens is 202 g/mol. The predicted molar refractivity (Wildman–Crippen MR) is 50.2 cm³/mol. The Labute approximate surface area is 85.8 Å². The molecule has 0 radical (unpaired) electrons. The number of hydrogen-bond donors (Lipinski definition) is 2. The van der Waals surface area contributed by atoms with Crippen molar-refractivity contribution in [2.75, 3.05) is 0 Å². The first-order valence-electron chi connectivity index (χ1n) is 4.38. The van der Waals surface area contributed by atoms with E-state index in [1.54, 1.807) is 20.8 Å². The minimum absolute atomic E-state index is 0.0562. The lowest BCUT2D eigenvalue weighted by atomic mass is 10.2. The Morgan fingerprint density at radius 3 is 2.73 bits per heavy atom. The number of hydrogen-bond acceptors (Lipinski definition) is 5. The molecule has 0 aliphatic heterocycles. The van der Waals surface area contributed by atoms with Crippen molar-refractivity contribution in [2.24, 2.45) is 0 Å². The maximum absolute atomic E-state index is 11.2. The lowest BCUT2D eigenvalue weighted by Crippen LogP contribution is -2.32. The van der Waals surface area contributed by atoms with Crippen LogP contribution in [0.2, 0.25) is 0 Å². The molecule has 1 aromatic heterocycles. The molecule has 0 aliphatic carbocycles. The van der Waals surface area contributed by atoms with E-state index in [4.69, 9.17) is 4.74 Å². The van der Waals surface area contributed by atoms with Crippen LogP contribution >= 0.6 is 0 Å². The van der Waals surface area contributed by atoms with Crippen LogP contribution in [0.15, 0.2) is 9.32 Å². The third kappa shape index (κ3) is 4.30. The number of carbonyl (C=O) groups excluding carboxylic acids is 1. The van der Waals surface area contributed by atoms with Gasteiger partial charge in [0.25, 0.3) is 0 Å². The molecule has 0 atom stereocenters. The summed E-state index contributed by atoms with van der Waals surface area (Å²) in [6, 6.07) is 0. The van der Waals surface area contributed by atoms with E-state index in [1.807, 2.05) is 0 Å². The van der Waals surface area contributed by atoms with Crippen LogP contribution in [0.1, 0.15) is 26.6 Å². The number of nitrogens with zero attached hydrogens (tertiary/aromatic N) is 1. The Hall–Kier alpha value is -1.79. The van der Waals surface area contributed by atoms with Crippen LogP contribution in [-0.4, -0.2) is 21.8 Å². The topological polar surface area (TPSA) is 97.2 Å². The predicted octanol–water partition coefficient (Wildman–Crippen LogP) is 0.388. The highest BCUT2D eigenvalue weighted by molar-refractivity contribution is 5.67. The van der Waals surface area contributed by atoms with E-state index in [-0.39, 0.29) is 12.4 Å². The minimum Gasteiger partial charge on any atom is -0.444 e. The number of aromatic nitrogens is 2. The molecule has 7 heteroatoms. The molecule has 0 spiro atoms. The maximum Gasteiger partial charge on any atom is 0.438 e. The van der Waals surface area contributed by atoms with Crippen LogP contribution in [0, 0.1) is 0 Å². The number of rotatable bonds is 2. The molecule has 15 heavy (non-hydrogen) atoms. The zero-order valence-electron chi connectivity index (χ0n) is 8.79. The highest BCUT2D eigenvalue weighted by Crippen LogP contribution is 2.06. The third-order valence-electron chi connectivity index (χ3n) is 1.28. The van der Waals surface area contributed by atoms with Gasteiger partial charge in [-0.1, -0.05) is 5.16 Å². The minimum atomic E-state index is -0.656. The Kier molecular flexibility index (Phi) is 3.13. The van der Waals surface area contributed by atoms with Gasteiger partial charge in [-0.05, 0) is 20.8 Å². The van der Waals surface area contributed by atoms with Crippen LogP contribution in [0.4, 0.5) is 4.79 Å². The Morgan fingerprint density at radius 2 is 2.27 bits per heavy atom. The summed E-state index contributed by atoms with van der Waals surface area (Å²) in [5.41, 5.74) is -0.554. The first-order chi connectivity index (χ1) is 6.87. The molecule has 0 aromatic carbocycles. The molecule has 1 aromatic rings. The van der Waals surface area contributed by atoms with E-state index in [1.165, 1.54) is 0 Å². The van der Waals surface area contributed by atoms with Gasteiger partial charge < -0.3 is 10.1 Å². The number of amides is 1. The first kappa shape index (κ1) is 11.3. The van der Waals surface area contributed by atoms with Gasteiger partial charge in [0.1, 0.15) is 5.60 Å². The molecule has 2 N–H and O–H groups in total. The van der Waals surface area contributed by atoms with E-state index in [0.29, 0.717) is 0 Å². The summed E-state index contributed by atoms with van der Waals surface area (Å²) in [5, 5.41) is 5.79. The standard InChI is InChI=1S/C8H13N3O4/c1-8(2,3)14-6(12)9-4-5-10-7(13)15-11-5/h4H2,1-3H3,(H,9,12)(H,10,11,13). The van der Waals surface area contributed by atoms with E-state index >= 15 is 0 Å². The van der Waals surface area contributed by atoms with Crippen LogP contribution in [-0.2, 0) is 11.3 Å². The van der Waals surface area contributed by atoms with Gasteiger partial charge in [-0.2, -0.15) is 0 Å². The number of nitrogens with one attached hydrogen (secondary N) is 2. The van der Waals surface area contributed by atoms with Crippen molar-refractivity contribution in [3.8, 4) is 0 Å². The second kappa shape index (κ2) is 4.16. The molecule has 0 saturated heterocycles. The van der Waals surface area contributed by atoms with Gasteiger partial charge in [0.05, 0.1) is 6.54 Å². The van der Waals surface area contributed by atoms with Crippen molar-refractivity contribution in [2.45, 2.75) is 32.9 Å². The summed E-state index contributed by atoms with van der Waals surface area (Å²) >= 11 is 0. The van der Waals surface area contributed by atoms with Crippen LogP contribution in [0.5, 0.6) is 0 Å². The zero-order valence-corrected chi connectivity index (χ0v) is 8.79. The van der Waals surface area contributed by atoms with Crippen LogP contribution in [0.3, 0.4) is 0 Å². The fourth-order valence-electron chi connectivity index (χ4n) is 0.807. The summed E-state index contributed by atoms with van der Waals surface area (Å²) in [6.45, 7) is 5.32. The fraction of sp³-hybridized carbons (Fsp3) is 0.625. The van der Waals surface area contributed by atoms with E-state index in [2.05, 4.69) is 20.0 Å². The molecule has 1 rings (SSSR count). The summed E-state index contributed by atoms with van der Waals surface area (Å²) < 4.78 is 9.21. The highest BCUT2D eigenvalue weighted by atomic mass is 16.6.